The van der Waals surface area contributed by atoms with E-state index < -0.39 is 0 Å². The molecule has 22 heavy (non-hydrogen) atoms. The molecule has 4 heteroatoms. The third kappa shape index (κ3) is 2.74. The Morgan fingerprint density at radius 3 is 2.64 bits per heavy atom. The predicted octanol–water partition coefficient (Wildman–Crippen LogP) is 4.77. The van der Waals surface area contributed by atoms with Crippen LogP contribution in [0.5, 0.6) is 0 Å². The molecule has 0 bridgehead atoms. The molecule has 0 amide bonds. The minimum Gasteiger partial charge on any atom is -0.350 e. The molecule has 0 radical (unpaired) electrons. The fraction of sp³-hybridized carbons (Fsp3) is 0.222. The number of para-hydroxylation sites is 1. The van der Waals surface area contributed by atoms with Gasteiger partial charge in [-0.1, -0.05) is 53.5 Å². The number of hydrogen-bond donors (Lipinski definition) is 1. The fourth-order valence-electron chi connectivity index (χ4n) is 3.01. The number of rotatable bonds is 4. The van der Waals surface area contributed by atoms with E-state index in [-0.39, 0.29) is 5.92 Å². The zero-order valence-electron chi connectivity index (χ0n) is 12.4. The summed E-state index contributed by atoms with van der Waals surface area (Å²) in [6, 6.07) is 14.1. The van der Waals surface area contributed by atoms with Gasteiger partial charge in [0.1, 0.15) is 0 Å². The molecule has 0 aliphatic heterocycles. The second-order valence-corrected chi connectivity index (χ2v) is 6.35. The largest absolute Gasteiger partial charge is 0.350 e. The predicted molar refractivity (Wildman–Crippen MR) is 94.9 cm³/mol. The van der Waals surface area contributed by atoms with Gasteiger partial charge in [0.05, 0.1) is 10.0 Å². The van der Waals surface area contributed by atoms with Crippen LogP contribution in [0.3, 0.4) is 0 Å². The van der Waals surface area contributed by atoms with E-state index in [1.807, 2.05) is 12.1 Å². The summed E-state index contributed by atoms with van der Waals surface area (Å²) in [5.41, 5.74) is 9.54. The van der Waals surface area contributed by atoms with Gasteiger partial charge < -0.3 is 10.3 Å². The van der Waals surface area contributed by atoms with E-state index in [9.17, 15) is 0 Å². The maximum Gasteiger partial charge on any atom is 0.0627 e. The molecular formula is C18H18Cl2N2. The van der Waals surface area contributed by atoms with Crippen molar-refractivity contribution in [1.82, 2.24) is 4.57 Å². The lowest BCUT2D eigenvalue weighted by atomic mass is 9.92. The van der Waals surface area contributed by atoms with Gasteiger partial charge >= 0.3 is 0 Å². The molecule has 2 aromatic carbocycles. The highest BCUT2D eigenvalue weighted by molar-refractivity contribution is 6.42. The van der Waals surface area contributed by atoms with Crippen LogP contribution in [-0.2, 0) is 13.5 Å². The first-order valence-electron chi connectivity index (χ1n) is 7.28. The number of benzene rings is 2. The summed E-state index contributed by atoms with van der Waals surface area (Å²) in [4.78, 5) is 0. The molecule has 3 rings (SSSR count). The standard InChI is InChI=1S/C18H18Cl2N2/c1-22-11-13(14-5-2-3-8-17(14)22)9-12(10-21)15-6-4-7-16(19)18(15)20/h2-8,11-12H,9-10,21H2,1H3. The molecule has 1 atom stereocenters. The third-order valence-corrected chi connectivity index (χ3v) is 4.99. The van der Waals surface area contributed by atoms with Crippen LogP contribution in [0.15, 0.2) is 48.7 Å². The number of nitrogens with zero attached hydrogens (tertiary/aromatic N) is 1. The topological polar surface area (TPSA) is 30.9 Å². The van der Waals surface area contributed by atoms with Crippen molar-refractivity contribution in [2.24, 2.45) is 12.8 Å². The molecule has 1 unspecified atom stereocenters. The first-order chi connectivity index (χ1) is 10.6. The summed E-state index contributed by atoms with van der Waals surface area (Å²) in [5, 5.41) is 2.46. The van der Waals surface area contributed by atoms with Gasteiger partial charge in [-0.05, 0) is 36.2 Å². The van der Waals surface area contributed by atoms with Crippen LogP contribution >= 0.6 is 23.2 Å². The Morgan fingerprint density at radius 2 is 1.86 bits per heavy atom. The molecule has 0 spiro atoms. The minimum absolute atomic E-state index is 0.150. The molecule has 0 aliphatic rings. The molecule has 114 valence electrons. The average molecular weight is 333 g/mol. The first-order valence-corrected chi connectivity index (χ1v) is 8.04. The van der Waals surface area contributed by atoms with E-state index in [4.69, 9.17) is 28.9 Å². The Hall–Kier alpha value is -1.48. The highest BCUT2D eigenvalue weighted by atomic mass is 35.5. The Morgan fingerprint density at radius 1 is 1.09 bits per heavy atom. The molecule has 0 fully saturated rings. The zero-order chi connectivity index (χ0) is 15.7. The van der Waals surface area contributed by atoms with Crippen molar-refractivity contribution in [3.8, 4) is 0 Å². The monoisotopic (exact) mass is 332 g/mol. The molecule has 0 saturated carbocycles. The van der Waals surface area contributed by atoms with Crippen molar-refractivity contribution in [3.63, 3.8) is 0 Å². The van der Waals surface area contributed by atoms with Crippen LogP contribution in [-0.4, -0.2) is 11.1 Å². The van der Waals surface area contributed by atoms with Gasteiger partial charge in [0.15, 0.2) is 0 Å². The number of aromatic nitrogens is 1. The second kappa shape index (κ2) is 6.33. The molecule has 1 heterocycles. The van der Waals surface area contributed by atoms with E-state index >= 15 is 0 Å². The summed E-state index contributed by atoms with van der Waals surface area (Å²) >= 11 is 12.5. The third-order valence-electron chi connectivity index (χ3n) is 4.15. The van der Waals surface area contributed by atoms with E-state index in [0.717, 1.165) is 12.0 Å². The summed E-state index contributed by atoms with van der Waals surface area (Å²) in [5.74, 6) is 0.150. The summed E-state index contributed by atoms with van der Waals surface area (Å²) < 4.78 is 2.15. The van der Waals surface area contributed by atoms with E-state index in [2.05, 4.69) is 42.1 Å². The van der Waals surface area contributed by atoms with Crippen LogP contribution in [0, 0.1) is 0 Å². The lowest BCUT2D eigenvalue weighted by Gasteiger charge is -2.17. The van der Waals surface area contributed by atoms with Gasteiger partial charge in [0.2, 0.25) is 0 Å². The SMILES string of the molecule is Cn1cc(CC(CN)c2cccc(Cl)c2Cl)c2ccccc21. The van der Waals surface area contributed by atoms with Crippen molar-refractivity contribution in [1.29, 1.82) is 0 Å². The molecule has 1 aromatic heterocycles. The van der Waals surface area contributed by atoms with Gasteiger partial charge in [-0.25, -0.2) is 0 Å². The molecule has 2 N–H and O–H groups in total. The Balaban J connectivity index is 2.00. The average Bonchev–Trinajstić information content (AvgIpc) is 2.85. The number of halogens is 2. The lowest BCUT2D eigenvalue weighted by Crippen LogP contribution is -2.15. The Bertz CT molecular complexity index is 808. The van der Waals surface area contributed by atoms with Crippen LogP contribution < -0.4 is 5.73 Å². The highest BCUT2D eigenvalue weighted by Crippen LogP contribution is 2.33. The quantitative estimate of drug-likeness (QED) is 0.732. The normalized spacial score (nSPS) is 12.7. The number of hydrogen-bond acceptors (Lipinski definition) is 1. The van der Waals surface area contributed by atoms with Crippen molar-refractivity contribution in [2.45, 2.75) is 12.3 Å². The Kier molecular flexibility index (Phi) is 4.44. The van der Waals surface area contributed by atoms with Crippen LogP contribution in [0.2, 0.25) is 10.0 Å². The molecule has 0 aliphatic carbocycles. The van der Waals surface area contributed by atoms with Crippen molar-refractivity contribution < 1.29 is 0 Å². The van der Waals surface area contributed by atoms with Crippen LogP contribution in [0.1, 0.15) is 17.0 Å². The zero-order valence-corrected chi connectivity index (χ0v) is 13.9. The van der Waals surface area contributed by atoms with Crippen LogP contribution in [0.25, 0.3) is 10.9 Å². The number of aryl methyl sites for hydroxylation is 1. The van der Waals surface area contributed by atoms with Gasteiger partial charge in [-0.3, -0.25) is 0 Å². The molecule has 3 aromatic rings. The smallest absolute Gasteiger partial charge is 0.0627 e. The van der Waals surface area contributed by atoms with Gasteiger partial charge in [-0.15, -0.1) is 0 Å². The lowest BCUT2D eigenvalue weighted by molar-refractivity contribution is 0.695. The minimum atomic E-state index is 0.150. The fourth-order valence-corrected chi connectivity index (χ4v) is 3.47. The van der Waals surface area contributed by atoms with E-state index in [0.29, 0.717) is 16.6 Å². The highest BCUT2D eigenvalue weighted by Gasteiger charge is 2.18. The molecule has 0 saturated heterocycles. The van der Waals surface area contributed by atoms with Crippen molar-refractivity contribution >= 4 is 34.1 Å². The number of fused-ring (bicyclic) bond motifs is 1. The summed E-state index contributed by atoms with van der Waals surface area (Å²) in [7, 11) is 2.07. The van der Waals surface area contributed by atoms with Crippen LogP contribution in [0.4, 0.5) is 0 Å². The van der Waals surface area contributed by atoms with Crippen molar-refractivity contribution in [3.05, 3.63) is 69.8 Å². The van der Waals surface area contributed by atoms with Gasteiger partial charge in [-0.2, -0.15) is 0 Å². The Labute approximate surface area is 140 Å². The first kappa shape index (κ1) is 15.4. The van der Waals surface area contributed by atoms with Gasteiger partial charge in [0, 0.05) is 30.1 Å². The second-order valence-electron chi connectivity index (χ2n) is 5.56. The van der Waals surface area contributed by atoms with Gasteiger partial charge in [0.25, 0.3) is 0 Å². The van der Waals surface area contributed by atoms with Crippen molar-refractivity contribution in [2.75, 3.05) is 6.54 Å². The summed E-state index contributed by atoms with van der Waals surface area (Å²) in [6.45, 7) is 0.531. The van der Waals surface area contributed by atoms with E-state index in [1.54, 1.807) is 6.07 Å². The molecular weight excluding hydrogens is 315 g/mol. The van der Waals surface area contributed by atoms with E-state index in [1.165, 1.54) is 16.5 Å². The maximum atomic E-state index is 6.36. The number of nitrogens with two attached hydrogens (primary N) is 1. The summed E-state index contributed by atoms with van der Waals surface area (Å²) in [6.07, 6.45) is 3.02. The maximum absolute atomic E-state index is 6.36. The molecule has 2 nitrogen and oxygen atoms in total.